The van der Waals surface area contributed by atoms with Crippen molar-refractivity contribution >= 4 is 11.9 Å². The number of carbonyl (C=O) groups is 2. The molecule has 0 aliphatic rings. The van der Waals surface area contributed by atoms with Crippen LogP contribution in [0.25, 0.3) is 0 Å². The van der Waals surface area contributed by atoms with Crippen LogP contribution in [0.15, 0.2) is 24.3 Å². The van der Waals surface area contributed by atoms with Gasteiger partial charge >= 0.3 is 11.9 Å². The maximum absolute atomic E-state index is 12.2. The number of esters is 2. The van der Waals surface area contributed by atoms with E-state index in [2.05, 4.69) is 38.2 Å². The zero-order valence-corrected chi connectivity index (χ0v) is 33.4. The Morgan fingerprint density at radius 1 is 0.460 bits per heavy atom. The molecule has 294 valence electrons. The second-order valence-electron chi connectivity index (χ2n) is 14.8. The minimum atomic E-state index is -0.771. The number of unbranched alkanes of at least 4 members (excludes halogenated alkanes) is 28. The van der Waals surface area contributed by atoms with Gasteiger partial charge in [0, 0.05) is 12.8 Å². The summed E-state index contributed by atoms with van der Waals surface area (Å²) >= 11 is 0. The van der Waals surface area contributed by atoms with Gasteiger partial charge in [0.25, 0.3) is 0 Å². The topological polar surface area (TPSA) is 72.8 Å². The summed E-state index contributed by atoms with van der Waals surface area (Å²) in [6.45, 7) is 4.13. The lowest BCUT2D eigenvalue weighted by molar-refractivity contribution is -0.161. The van der Waals surface area contributed by atoms with Crippen LogP contribution in [-0.2, 0) is 19.1 Å². The molecular formula is C45H84O5. The van der Waals surface area contributed by atoms with Gasteiger partial charge in [-0.2, -0.15) is 0 Å². The average molecular weight is 705 g/mol. The van der Waals surface area contributed by atoms with Crippen molar-refractivity contribution in [3.63, 3.8) is 0 Å². The van der Waals surface area contributed by atoms with Crippen LogP contribution in [0.2, 0.25) is 0 Å². The zero-order valence-electron chi connectivity index (χ0n) is 33.4. The van der Waals surface area contributed by atoms with Gasteiger partial charge in [0.2, 0.25) is 0 Å². The molecule has 0 rings (SSSR count). The summed E-state index contributed by atoms with van der Waals surface area (Å²) in [5.41, 5.74) is 0. The second-order valence-corrected chi connectivity index (χ2v) is 14.8. The lowest BCUT2D eigenvalue weighted by Crippen LogP contribution is -2.28. The molecular weight excluding hydrogens is 620 g/mol. The van der Waals surface area contributed by atoms with Crippen molar-refractivity contribution in [3.05, 3.63) is 24.3 Å². The number of ether oxygens (including phenoxy) is 2. The molecule has 0 unspecified atom stereocenters. The minimum Gasteiger partial charge on any atom is -0.462 e. The van der Waals surface area contributed by atoms with E-state index in [0.29, 0.717) is 12.8 Å². The summed E-state index contributed by atoms with van der Waals surface area (Å²) in [6, 6.07) is 0. The summed E-state index contributed by atoms with van der Waals surface area (Å²) in [4.78, 5) is 24.3. The first kappa shape index (κ1) is 48.4. The Morgan fingerprint density at radius 3 is 1.22 bits per heavy atom. The van der Waals surface area contributed by atoms with Gasteiger partial charge in [-0.25, -0.2) is 0 Å². The Balaban J connectivity index is 3.50. The number of aliphatic hydroxyl groups excluding tert-OH is 1. The number of carbonyl (C=O) groups excluding carboxylic acids is 2. The molecule has 0 aliphatic heterocycles. The van der Waals surface area contributed by atoms with Crippen molar-refractivity contribution in [1.29, 1.82) is 0 Å². The lowest BCUT2D eigenvalue weighted by atomic mass is 10.0. The van der Waals surface area contributed by atoms with Crippen LogP contribution in [-0.4, -0.2) is 36.4 Å². The third-order valence-electron chi connectivity index (χ3n) is 9.75. The molecule has 0 heterocycles. The molecule has 0 amide bonds. The normalized spacial score (nSPS) is 12.3. The fraction of sp³-hybridized carbons (Fsp3) is 0.867. The summed E-state index contributed by atoms with van der Waals surface area (Å²) < 4.78 is 10.6. The van der Waals surface area contributed by atoms with Crippen molar-refractivity contribution < 1.29 is 24.2 Å². The molecule has 0 aromatic carbocycles. The molecule has 5 heteroatoms. The first-order valence-corrected chi connectivity index (χ1v) is 21.9. The molecule has 0 spiro atoms. The smallest absolute Gasteiger partial charge is 0.306 e. The monoisotopic (exact) mass is 705 g/mol. The molecule has 50 heavy (non-hydrogen) atoms. The third-order valence-corrected chi connectivity index (χ3v) is 9.75. The Labute approximate surface area is 311 Å². The molecule has 0 aromatic heterocycles. The first-order valence-electron chi connectivity index (χ1n) is 21.9. The molecule has 0 aliphatic carbocycles. The van der Waals surface area contributed by atoms with Crippen LogP contribution in [0.3, 0.4) is 0 Å². The number of hydrogen-bond acceptors (Lipinski definition) is 5. The minimum absolute atomic E-state index is 0.0644. The maximum Gasteiger partial charge on any atom is 0.306 e. The van der Waals surface area contributed by atoms with Gasteiger partial charge in [0.05, 0.1) is 6.61 Å². The lowest BCUT2D eigenvalue weighted by Gasteiger charge is -2.15. The molecule has 0 radical (unpaired) electrons. The van der Waals surface area contributed by atoms with Crippen molar-refractivity contribution in [1.82, 2.24) is 0 Å². The van der Waals surface area contributed by atoms with Gasteiger partial charge < -0.3 is 14.6 Å². The van der Waals surface area contributed by atoms with E-state index in [0.717, 1.165) is 51.4 Å². The van der Waals surface area contributed by atoms with Crippen LogP contribution in [0.1, 0.15) is 232 Å². The number of allylic oxidation sites excluding steroid dienone is 4. The summed E-state index contributed by atoms with van der Waals surface area (Å²) in [5.74, 6) is -0.589. The molecule has 1 atom stereocenters. The van der Waals surface area contributed by atoms with Gasteiger partial charge in [-0.1, -0.05) is 199 Å². The largest absolute Gasteiger partial charge is 0.462 e. The average Bonchev–Trinajstić information content (AvgIpc) is 3.12. The molecule has 0 aromatic rings. The standard InChI is InChI=1S/C45H84O5/c1-3-5-7-9-11-13-15-17-19-21-22-24-25-27-29-31-33-35-37-39-44(47)49-42-43(41-46)50-45(48)40-38-36-34-32-30-28-26-23-20-18-16-14-12-10-8-6-4-2/h12,14,18,20,43,46H,3-11,13,15-17,19,21-42H2,1-2H3/t43-/m0/s1. The van der Waals surface area contributed by atoms with Crippen molar-refractivity contribution in [2.75, 3.05) is 13.2 Å². The van der Waals surface area contributed by atoms with Crippen molar-refractivity contribution in [2.45, 2.75) is 238 Å². The van der Waals surface area contributed by atoms with Crippen LogP contribution < -0.4 is 0 Å². The van der Waals surface area contributed by atoms with E-state index < -0.39 is 6.10 Å². The SMILES string of the molecule is CCCCCC=CCC=CCCCCCCCCCC(=O)O[C@@H](CO)COC(=O)CCCCCCCCCCCCCCCCCCCCC. The Bertz CT molecular complexity index is 761. The zero-order chi connectivity index (χ0) is 36.4. The number of hydrogen-bond donors (Lipinski definition) is 1. The Hall–Kier alpha value is -1.62. The predicted octanol–water partition coefficient (Wildman–Crippen LogP) is 13.8. The predicted molar refractivity (Wildman–Crippen MR) is 215 cm³/mol. The number of aliphatic hydroxyl groups is 1. The maximum atomic E-state index is 12.2. The highest BCUT2D eigenvalue weighted by Gasteiger charge is 2.16. The summed E-state index contributed by atoms with van der Waals surface area (Å²) in [7, 11) is 0. The van der Waals surface area contributed by atoms with E-state index in [1.165, 1.54) is 154 Å². The van der Waals surface area contributed by atoms with Crippen LogP contribution >= 0.6 is 0 Å². The van der Waals surface area contributed by atoms with Gasteiger partial charge in [-0.15, -0.1) is 0 Å². The van der Waals surface area contributed by atoms with Gasteiger partial charge in [-0.3, -0.25) is 9.59 Å². The van der Waals surface area contributed by atoms with Gasteiger partial charge in [0.15, 0.2) is 6.10 Å². The van der Waals surface area contributed by atoms with E-state index >= 15 is 0 Å². The van der Waals surface area contributed by atoms with Crippen molar-refractivity contribution in [3.8, 4) is 0 Å². The highest BCUT2D eigenvalue weighted by Crippen LogP contribution is 2.15. The Morgan fingerprint density at radius 2 is 0.800 bits per heavy atom. The Kier molecular flexibility index (Phi) is 40.4. The summed E-state index contributed by atoms with van der Waals surface area (Å²) in [5, 5.41) is 9.58. The molecule has 5 nitrogen and oxygen atoms in total. The van der Waals surface area contributed by atoms with Crippen molar-refractivity contribution in [2.24, 2.45) is 0 Å². The van der Waals surface area contributed by atoms with Crippen LogP contribution in [0.4, 0.5) is 0 Å². The summed E-state index contributed by atoms with van der Waals surface area (Å²) in [6.07, 6.45) is 49.6. The van der Waals surface area contributed by atoms with E-state index in [-0.39, 0.29) is 25.2 Å². The van der Waals surface area contributed by atoms with Crippen LogP contribution in [0.5, 0.6) is 0 Å². The quantitative estimate of drug-likeness (QED) is 0.0390. The van der Waals surface area contributed by atoms with E-state index in [1.807, 2.05) is 0 Å². The third kappa shape index (κ3) is 39.2. The molecule has 0 fully saturated rings. The second kappa shape index (κ2) is 41.8. The highest BCUT2D eigenvalue weighted by molar-refractivity contribution is 5.70. The highest BCUT2D eigenvalue weighted by atomic mass is 16.6. The molecule has 0 saturated carbocycles. The fourth-order valence-electron chi connectivity index (χ4n) is 6.41. The fourth-order valence-corrected chi connectivity index (χ4v) is 6.41. The van der Waals surface area contributed by atoms with Gasteiger partial charge in [0.1, 0.15) is 6.61 Å². The van der Waals surface area contributed by atoms with E-state index in [1.54, 1.807) is 0 Å². The number of rotatable bonds is 40. The first-order chi connectivity index (χ1) is 24.6. The van der Waals surface area contributed by atoms with E-state index in [4.69, 9.17) is 9.47 Å². The molecule has 0 bridgehead atoms. The van der Waals surface area contributed by atoms with Crippen LogP contribution in [0, 0.1) is 0 Å². The molecule has 0 saturated heterocycles. The van der Waals surface area contributed by atoms with E-state index in [9.17, 15) is 14.7 Å². The van der Waals surface area contributed by atoms with Gasteiger partial charge in [-0.05, 0) is 44.9 Å². The molecule has 1 N–H and O–H groups in total.